The molecule has 12 rings (SSSR count). The summed E-state index contributed by atoms with van der Waals surface area (Å²) in [4.78, 5) is 2.29. The van der Waals surface area contributed by atoms with E-state index in [1.807, 2.05) is 24.3 Å². The SMILES string of the molecule is c1ccc(-n2c3ccccc3c3ccc(-c4cccc(-c5cccc(N(c6cccc7c6oc6ccccc67)c6cccc7c6oc6ccccc67)c5)c4)cc32)cc1. The molecular weight excluding hydrogens is 709 g/mol. The Morgan fingerprint density at radius 3 is 1.50 bits per heavy atom. The van der Waals surface area contributed by atoms with Gasteiger partial charge in [-0.15, -0.1) is 0 Å². The fourth-order valence-electron chi connectivity index (χ4n) is 8.93. The Bertz CT molecular complexity index is 3420. The second kappa shape index (κ2) is 12.9. The summed E-state index contributed by atoms with van der Waals surface area (Å²) >= 11 is 0. The van der Waals surface area contributed by atoms with Gasteiger partial charge in [0.2, 0.25) is 0 Å². The van der Waals surface area contributed by atoms with Crippen molar-refractivity contribution in [2.75, 3.05) is 4.90 Å². The van der Waals surface area contributed by atoms with Crippen LogP contribution in [0, 0.1) is 0 Å². The number of hydrogen-bond acceptors (Lipinski definition) is 3. The molecule has 0 aliphatic carbocycles. The van der Waals surface area contributed by atoms with Crippen molar-refractivity contribution < 1.29 is 8.83 Å². The predicted molar refractivity (Wildman–Crippen MR) is 241 cm³/mol. The zero-order valence-electron chi connectivity index (χ0n) is 31.3. The lowest BCUT2D eigenvalue weighted by Gasteiger charge is -2.26. The highest BCUT2D eigenvalue weighted by atomic mass is 16.3. The molecule has 4 nitrogen and oxygen atoms in total. The van der Waals surface area contributed by atoms with Crippen LogP contribution in [-0.4, -0.2) is 4.57 Å². The lowest BCUT2D eigenvalue weighted by atomic mass is 9.97. The van der Waals surface area contributed by atoms with Crippen LogP contribution in [0.4, 0.5) is 17.1 Å². The molecule has 272 valence electrons. The molecule has 0 fully saturated rings. The smallest absolute Gasteiger partial charge is 0.159 e. The van der Waals surface area contributed by atoms with E-state index in [0.717, 1.165) is 83.3 Å². The lowest BCUT2D eigenvalue weighted by Crippen LogP contribution is -2.10. The molecule has 0 spiro atoms. The minimum absolute atomic E-state index is 0.826. The summed E-state index contributed by atoms with van der Waals surface area (Å²) in [6.07, 6.45) is 0. The first-order valence-corrected chi connectivity index (χ1v) is 19.7. The van der Waals surface area contributed by atoms with Gasteiger partial charge in [0, 0.05) is 43.7 Å². The van der Waals surface area contributed by atoms with E-state index < -0.39 is 0 Å². The number of fused-ring (bicyclic) bond motifs is 9. The van der Waals surface area contributed by atoms with Crippen LogP contribution in [0.5, 0.6) is 0 Å². The van der Waals surface area contributed by atoms with Crippen molar-refractivity contribution >= 4 is 82.7 Å². The van der Waals surface area contributed by atoms with Crippen molar-refractivity contribution in [3.8, 4) is 27.9 Å². The van der Waals surface area contributed by atoms with Gasteiger partial charge in [0.05, 0.1) is 22.4 Å². The summed E-state index contributed by atoms with van der Waals surface area (Å²) in [6.45, 7) is 0. The molecule has 3 heterocycles. The van der Waals surface area contributed by atoms with Crippen molar-refractivity contribution in [3.05, 3.63) is 206 Å². The highest BCUT2D eigenvalue weighted by Crippen LogP contribution is 2.46. The second-order valence-electron chi connectivity index (χ2n) is 14.9. The first kappa shape index (κ1) is 32.4. The van der Waals surface area contributed by atoms with Crippen LogP contribution in [0.2, 0.25) is 0 Å². The molecule has 3 aromatic heterocycles. The van der Waals surface area contributed by atoms with Crippen molar-refractivity contribution in [1.82, 2.24) is 4.57 Å². The van der Waals surface area contributed by atoms with E-state index in [1.54, 1.807) is 0 Å². The second-order valence-corrected chi connectivity index (χ2v) is 14.9. The summed E-state index contributed by atoms with van der Waals surface area (Å²) < 4.78 is 15.7. The number of furan rings is 2. The van der Waals surface area contributed by atoms with Crippen molar-refractivity contribution in [3.63, 3.8) is 0 Å². The van der Waals surface area contributed by atoms with E-state index >= 15 is 0 Å². The van der Waals surface area contributed by atoms with Gasteiger partial charge in [-0.3, -0.25) is 0 Å². The van der Waals surface area contributed by atoms with Gasteiger partial charge >= 0.3 is 0 Å². The largest absolute Gasteiger partial charge is 0.454 e. The van der Waals surface area contributed by atoms with Crippen LogP contribution in [0.15, 0.2) is 215 Å². The lowest BCUT2D eigenvalue weighted by molar-refractivity contribution is 0.666. The maximum Gasteiger partial charge on any atom is 0.159 e. The molecule has 0 aliphatic heterocycles. The quantitative estimate of drug-likeness (QED) is 0.170. The summed E-state index contributed by atoms with van der Waals surface area (Å²) in [5.74, 6) is 0. The summed E-state index contributed by atoms with van der Waals surface area (Å²) in [5.41, 5.74) is 14.4. The van der Waals surface area contributed by atoms with Crippen LogP contribution in [0.25, 0.3) is 93.6 Å². The van der Waals surface area contributed by atoms with Crippen molar-refractivity contribution in [1.29, 1.82) is 0 Å². The normalized spacial score (nSPS) is 11.8. The Hall–Kier alpha value is -7.82. The van der Waals surface area contributed by atoms with Gasteiger partial charge in [0.1, 0.15) is 11.2 Å². The molecule has 0 saturated heterocycles. The van der Waals surface area contributed by atoms with E-state index in [-0.39, 0.29) is 0 Å². The molecule has 0 aliphatic rings. The van der Waals surface area contributed by atoms with E-state index in [9.17, 15) is 0 Å². The minimum atomic E-state index is 0.826. The Labute approximate surface area is 334 Å². The molecule has 0 unspecified atom stereocenters. The van der Waals surface area contributed by atoms with Gasteiger partial charge < -0.3 is 18.3 Å². The summed E-state index contributed by atoms with van der Waals surface area (Å²) in [6, 6.07) is 73.2. The molecule has 0 atom stereocenters. The third kappa shape index (κ3) is 5.02. The highest BCUT2D eigenvalue weighted by Gasteiger charge is 2.23. The Morgan fingerprint density at radius 1 is 0.328 bits per heavy atom. The molecule has 0 saturated carbocycles. The predicted octanol–water partition coefficient (Wildman–Crippen LogP) is 15.4. The molecule has 0 radical (unpaired) electrons. The minimum Gasteiger partial charge on any atom is -0.454 e. The van der Waals surface area contributed by atoms with Crippen LogP contribution in [-0.2, 0) is 0 Å². The third-order valence-electron chi connectivity index (χ3n) is 11.6. The van der Waals surface area contributed by atoms with Crippen LogP contribution in [0.3, 0.4) is 0 Å². The zero-order chi connectivity index (χ0) is 38.2. The number of nitrogens with zero attached hydrogens (tertiary/aromatic N) is 2. The van der Waals surface area contributed by atoms with Gasteiger partial charge in [-0.1, -0.05) is 140 Å². The number of anilines is 3. The van der Waals surface area contributed by atoms with Gasteiger partial charge in [-0.25, -0.2) is 0 Å². The monoisotopic (exact) mass is 742 g/mol. The summed E-state index contributed by atoms with van der Waals surface area (Å²) in [7, 11) is 0. The first-order chi connectivity index (χ1) is 28.8. The van der Waals surface area contributed by atoms with E-state index in [2.05, 4.69) is 191 Å². The molecule has 0 N–H and O–H groups in total. The topological polar surface area (TPSA) is 34.5 Å². The van der Waals surface area contributed by atoms with E-state index in [0.29, 0.717) is 0 Å². The van der Waals surface area contributed by atoms with Gasteiger partial charge in [0.15, 0.2) is 11.2 Å². The fraction of sp³-hybridized carbons (Fsp3) is 0. The number of para-hydroxylation sites is 6. The third-order valence-corrected chi connectivity index (χ3v) is 11.6. The Balaban J connectivity index is 1.02. The number of rotatable bonds is 6. The van der Waals surface area contributed by atoms with Crippen LogP contribution >= 0.6 is 0 Å². The maximum atomic E-state index is 6.67. The molecular formula is C54H34N2O2. The molecule has 9 aromatic carbocycles. The van der Waals surface area contributed by atoms with Crippen LogP contribution < -0.4 is 4.90 Å². The molecule has 4 heteroatoms. The molecule has 0 amide bonds. The number of hydrogen-bond donors (Lipinski definition) is 0. The molecule has 0 bridgehead atoms. The van der Waals surface area contributed by atoms with Gasteiger partial charge in [-0.05, 0) is 89.0 Å². The molecule has 12 aromatic rings. The Morgan fingerprint density at radius 2 is 0.828 bits per heavy atom. The maximum absolute atomic E-state index is 6.67. The fourth-order valence-corrected chi connectivity index (χ4v) is 8.93. The summed E-state index contributed by atoms with van der Waals surface area (Å²) in [5, 5.41) is 6.82. The standard InChI is InChI=1S/C54H34N2O2/c1-2-17-39(18-3-1)55-47-25-7-4-20-41(47)42-31-30-38(34-50(42)55)36-15-10-14-35(32-36)37-16-11-19-40(33-37)56(48-26-12-23-45-43-21-5-8-28-51(43)57-53(45)48)49-27-13-24-46-44-22-6-9-29-52(44)58-54(46)49/h1-34H. The van der Waals surface area contributed by atoms with Crippen molar-refractivity contribution in [2.24, 2.45) is 0 Å². The number of benzene rings is 9. The van der Waals surface area contributed by atoms with Crippen molar-refractivity contribution in [2.45, 2.75) is 0 Å². The van der Waals surface area contributed by atoms with E-state index in [4.69, 9.17) is 8.83 Å². The highest BCUT2D eigenvalue weighted by molar-refractivity contribution is 6.14. The molecule has 58 heavy (non-hydrogen) atoms. The van der Waals surface area contributed by atoms with E-state index in [1.165, 1.54) is 27.4 Å². The number of aromatic nitrogens is 1. The average Bonchev–Trinajstić information content (AvgIpc) is 3.97. The first-order valence-electron chi connectivity index (χ1n) is 19.7. The van der Waals surface area contributed by atoms with Gasteiger partial charge in [-0.2, -0.15) is 0 Å². The average molecular weight is 743 g/mol. The van der Waals surface area contributed by atoms with Crippen LogP contribution in [0.1, 0.15) is 0 Å². The van der Waals surface area contributed by atoms with Gasteiger partial charge in [0.25, 0.3) is 0 Å². The zero-order valence-corrected chi connectivity index (χ0v) is 31.3. The Kier molecular flexibility index (Phi) is 7.20.